The molecule has 0 spiro atoms. The van der Waals surface area contributed by atoms with Crippen LogP contribution in [0, 0.1) is 6.92 Å². The highest BCUT2D eigenvalue weighted by Crippen LogP contribution is 2.36. The quantitative estimate of drug-likeness (QED) is 0.476. The lowest BCUT2D eigenvalue weighted by Gasteiger charge is -2.22. The molecule has 0 atom stereocenters. The van der Waals surface area contributed by atoms with Crippen LogP contribution in [0.5, 0.6) is 0 Å². The first-order chi connectivity index (χ1) is 14.7. The topological polar surface area (TPSA) is 89.6 Å². The first kappa shape index (κ1) is 19.3. The third-order valence-electron chi connectivity index (χ3n) is 5.88. The lowest BCUT2D eigenvalue weighted by Crippen LogP contribution is -2.13. The lowest BCUT2D eigenvalue weighted by atomic mass is 9.83. The zero-order valence-corrected chi connectivity index (χ0v) is 18.2. The van der Waals surface area contributed by atoms with Gasteiger partial charge in [-0.25, -0.2) is 9.67 Å². The van der Waals surface area contributed by atoms with Crippen molar-refractivity contribution in [2.75, 3.05) is 5.73 Å². The van der Waals surface area contributed by atoms with Gasteiger partial charge >= 0.3 is 0 Å². The predicted octanol–water partition coefficient (Wildman–Crippen LogP) is 4.76. The molecule has 0 amide bonds. The third kappa shape index (κ3) is 3.15. The molecule has 5 rings (SSSR count). The third-order valence-corrected chi connectivity index (χ3v) is 5.88. The van der Waals surface area contributed by atoms with E-state index in [9.17, 15) is 4.79 Å². The minimum absolute atomic E-state index is 0.00786. The number of Topliss-reactive ketones (excluding diaryl/α,β-unsaturated/α-hetero) is 1. The number of carbonyl (C=O) groups is 1. The normalized spacial score (nSPS) is 13.5. The molecule has 0 bridgehead atoms. The molecule has 1 aliphatic carbocycles. The number of hydrogen-bond acceptors (Lipinski definition) is 4. The first-order valence-corrected chi connectivity index (χ1v) is 10.4. The molecule has 0 unspecified atom stereocenters. The van der Waals surface area contributed by atoms with E-state index >= 15 is 0 Å². The smallest absolute Gasteiger partial charge is 0.194 e. The number of benzene rings is 2. The van der Waals surface area contributed by atoms with Crippen LogP contribution in [-0.2, 0) is 11.8 Å². The van der Waals surface area contributed by atoms with Gasteiger partial charge in [0.05, 0.1) is 28.5 Å². The summed E-state index contributed by atoms with van der Waals surface area (Å²) in [6.45, 7) is 8.49. The number of allylic oxidation sites excluding steroid dienone is 1. The fourth-order valence-electron chi connectivity index (χ4n) is 4.34. The monoisotopic (exact) mass is 411 g/mol. The zero-order valence-electron chi connectivity index (χ0n) is 18.2. The second kappa shape index (κ2) is 6.67. The molecule has 0 saturated carbocycles. The number of imidazole rings is 1. The van der Waals surface area contributed by atoms with Gasteiger partial charge in [-0.1, -0.05) is 39.0 Å². The van der Waals surface area contributed by atoms with Gasteiger partial charge in [-0.3, -0.25) is 4.79 Å². The standard InChI is InChI=1S/C25H25N5O/c1-14-28-21-9-8-17(12-22(21)29-14)30-24(26)19(13-27-30)23(31)16-10-15-6-5-7-20(18(15)11-16)25(2,3)4/h5-9,11-13H,10,26H2,1-4H3,(H,28,29). The molecule has 2 aromatic heterocycles. The Hall–Kier alpha value is -3.67. The fourth-order valence-corrected chi connectivity index (χ4v) is 4.34. The van der Waals surface area contributed by atoms with Crippen LogP contribution >= 0.6 is 0 Å². The van der Waals surface area contributed by atoms with E-state index in [0.717, 1.165) is 33.7 Å². The Bertz CT molecular complexity index is 1380. The number of aryl methyl sites for hydroxylation is 1. The van der Waals surface area contributed by atoms with Crippen LogP contribution in [0.25, 0.3) is 22.8 Å². The van der Waals surface area contributed by atoms with Crippen molar-refractivity contribution < 1.29 is 4.79 Å². The van der Waals surface area contributed by atoms with Crippen LogP contribution in [0.4, 0.5) is 5.82 Å². The lowest BCUT2D eigenvalue weighted by molar-refractivity contribution is 0.103. The molecule has 0 aliphatic heterocycles. The summed E-state index contributed by atoms with van der Waals surface area (Å²) in [5.74, 6) is 1.12. The van der Waals surface area contributed by atoms with E-state index in [-0.39, 0.29) is 11.2 Å². The van der Waals surface area contributed by atoms with Crippen molar-refractivity contribution in [3.63, 3.8) is 0 Å². The highest BCUT2D eigenvalue weighted by molar-refractivity contribution is 6.15. The van der Waals surface area contributed by atoms with Gasteiger partial charge in [-0.2, -0.15) is 5.10 Å². The van der Waals surface area contributed by atoms with Crippen LogP contribution in [0.3, 0.4) is 0 Å². The summed E-state index contributed by atoms with van der Waals surface area (Å²) < 4.78 is 1.60. The van der Waals surface area contributed by atoms with Crippen LogP contribution < -0.4 is 5.73 Å². The number of nitrogens with two attached hydrogens (primary N) is 1. The highest BCUT2D eigenvalue weighted by Gasteiger charge is 2.27. The Labute approximate surface area is 180 Å². The Morgan fingerprint density at radius 1 is 1.19 bits per heavy atom. The molecule has 3 N–H and O–H groups in total. The maximum absolute atomic E-state index is 13.3. The maximum Gasteiger partial charge on any atom is 0.194 e. The molecule has 6 nitrogen and oxygen atoms in total. The number of nitrogens with zero attached hydrogens (tertiary/aromatic N) is 3. The SMILES string of the molecule is Cc1nc2ccc(-n3ncc(C(=O)C4=Cc5c(cccc5C(C)(C)C)C4)c3N)cc2[nH]1. The summed E-state index contributed by atoms with van der Waals surface area (Å²) in [7, 11) is 0. The molecule has 2 aromatic carbocycles. The average Bonchev–Trinajstić information content (AvgIpc) is 3.40. The largest absolute Gasteiger partial charge is 0.383 e. The molecule has 1 aliphatic rings. The van der Waals surface area contributed by atoms with Crippen LogP contribution in [0.15, 0.2) is 48.2 Å². The minimum atomic E-state index is -0.0710. The van der Waals surface area contributed by atoms with E-state index in [1.807, 2.05) is 31.2 Å². The predicted molar refractivity (Wildman–Crippen MR) is 124 cm³/mol. The molecule has 156 valence electrons. The molecule has 31 heavy (non-hydrogen) atoms. The van der Waals surface area contributed by atoms with Crippen molar-refractivity contribution in [3.8, 4) is 5.69 Å². The van der Waals surface area contributed by atoms with E-state index < -0.39 is 0 Å². The number of nitrogen functional groups attached to an aromatic ring is 1. The van der Waals surface area contributed by atoms with E-state index in [0.29, 0.717) is 17.8 Å². The summed E-state index contributed by atoms with van der Waals surface area (Å²) in [5.41, 5.74) is 13.7. The summed E-state index contributed by atoms with van der Waals surface area (Å²) >= 11 is 0. The van der Waals surface area contributed by atoms with E-state index in [4.69, 9.17) is 5.73 Å². The number of ketones is 1. The Morgan fingerprint density at radius 3 is 2.77 bits per heavy atom. The van der Waals surface area contributed by atoms with Gasteiger partial charge in [0, 0.05) is 12.0 Å². The Balaban J connectivity index is 1.50. The fraction of sp³-hybridized carbons (Fsp3) is 0.240. The molecular weight excluding hydrogens is 386 g/mol. The number of hydrogen-bond donors (Lipinski definition) is 2. The average molecular weight is 412 g/mol. The van der Waals surface area contributed by atoms with Gasteiger partial charge in [-0.05, 0) is 53.3 Å². The van der Waals surface area contributed by atoms with Crippen molar-refractivity contribution in [2.24, 2.45) is 0 Å². The molecule has 2 heterocycles. The number of aromatic amines is 1. The number of nitrogens with one attached hydrogen (secondary N) is 1. The summed E-state index contributed by atoms with van der Waals surface area (Å²) in [6, 6.07) is 12.1. The van der Waals surface area contributed by atoms with Crippen LogP contribution in [0.1, 0.15) is 53.6 Å². The Morgan fingerprint density at radius 2 is 2.00 bits per heavy atom. The van der Waals surface area contributed by atoms with Crippen LogP contribution in [-0.4, -0.2) is 25.5 Å². The van der Waals surface area contributed by atoms with Crippen molar-refractivity contribution in [1.82, 2.24) is 19.7 Å². The maximum atomic E-state index is 13.3. The van der Waals surface area contributed by atoms with Gasteiger partial charge in [0.1, 0.15) is 11.6 Å². The number of aromatic nitrogens is 4. The van der Waals surface area contributed by atoms with Gasteiger partial charge in [0.2, 0.25) is 0 Å². The second-order valence-corrected chi connectivity index (χ2v) is 9.18. The molecular formula is C25H25N5O. The molecule has 4 aromatic rings. The summed E-state index contributed by atoms with van der Waals surface area (Å²) in [6.07, 6.45) is 4.20. The molecule has 0 fully saturated rings. The van der Waals surface area contributed by atoms with E-state index in [2.05, 4.69) is 54.0 Å². The Kier molecular flexibility index (Phi) is 4.15. The number of anilines is 1. The number of H-pyrrole nitrogens is 1. The van der Waals surface area contributed by atoms with Gasteiger partial charge < -0.3 is 10.7 Å². The number of rotatable bonds is 3. The number of carbonyl (C=O) groups excluding carboxylic acids is 1. The van der Waals surface area contributed by atoms with Crippen molar-refractivity contribution >= 4 is 28.7 Å². The van der Waals surface area contributed by atoms with Gasteiger partial charge in [-0.15, -0.1) is 0 Å². The molecule has 0 saturated heterocycles. The highest BCUT2D eigenvalue weighted by atomic mass is 16.1. The summed E-state index contributed by atoms with van der Waals surface area (Å²) in [5, 5.41) is 4.41. The van der Waals surface area contributed by atoms with E-state index in [1.54, 1.807) is 10.9 Å². The zero-order chi connectivity index (χ0) is 21.9. The van der Waals surface area contributed by atoms with E-state index in [1.165, 1.54) is 11.1 Å². The number of fused-ring (bicyclic) bond motifs is 2. The second-order valence-electron chi connectivity index (χ2n) is 9.18. The van der Waals surface area contributed by atoms with Gasteiger partial charge in [0.25, 0.3) is 0 Å². The minimum Gasteiger partial charge on any atom is -0.383 e. The van der Waals surface area contributed by atoms with Crippen molar-refractivity contribution in [2.45, 2.75) is 39.5 Å². The van der Waals surface area contributed by atoms with Gasteiger partial charge in [0.15, 0.2) is 5.78 Å². The first-order valence-electron chi connectivity index (χ1n) is 10.4. The van der Waals surface area contributed by atoms with Crippen LogP contribution in [0.2, 0.25) is 0 Å². The molecule has 6 heteroatoms. The molecule has 0 radical (unpaired) electrons. The van der Waals surface area contributed by atoms with Crippen molar-refractivity contribution in [1.29, 1.82) is 0 Å². The summed E-state index contributed by atoms with van der Waals surface area (Å²) in [4.78, 5) is 21.0. The van der Waals surface area contributed by atoms with Crippen molar-refractivity contribution in [3.05, 3.63) is 76.2 Å².